The molecule has 39 heavy (non-hydrogen) atoms. The molecule has 218 valence electrons. The van der Waals surface area contributed by atoms with Crippen molar-refractivity contribution >= 4 is 17.8 Å². The minimum Gasteiger partial charge on any atom is -0.339 e. The van der Waals surface area contributed by atoms with E-state index in [4.69, 9.17) is 0 Å². The first kappa shape index (κ1) is 29.3. The highest BCUT2D eigenvalue weighted by molar-refractivity contribution is 5.79. The molecule has 10 nitrogen and oxygen atoms in total. The van der Waals surface area contributed by atoms with E-state index in [1.165, 1.54) is 0 Å². The number of piperazine rings is 1. The minimum absolute atomic E-state index is 0.0844. The Morgan fingerprint density at radius 2 is 1.69 bits per heavy atom. The first-order valence-electron chi connectivity index (χ1n) is 12.7. The van der Waals surface area contributed by atoms with Crippen LogP contribution in [0.4, 0.5) is 32.3 Å². The maximum Gasteiger partial charge on any atom is 0.419 e. The summed E-state index contributed by atoms with van der Waals surface area (Å²) in [5, 5.41) is 0. The monoisotopic (exact) mass is 566 g/mol. The number of hydrazine groups is 1. The average molecular weight is 567 g/mol. The summed E-state index contributed by atoms with van der Waals surface area (Å²) in [6.45, 7) is 1.92. The van der Waals surface area contributed by atoms with Crippen LogP contribution in [0.1, 0.15) is 31.2 Å². The predicted molar refractivity (Wildman–Crippen MR) is 127 cm³/mol. The van der Waals surface area contributed by atoms with E-state index in [0.29, 0.717) is 45.6 Å². The third-order valence-corrected chi connectivity index (χ3v) is 7.67. The lowest BCUT2D eigenvalue weighted by molar-refractivity contribution is -0.193. The Balaban J connectivity index is 1.32. The third-order valence-electron chi connectivity index (χ3n) is 7.67. The summed E-state index contributed by atoms with van der Waals surface area (Å²) in [5.41, 5.74) is 3.95. The number of nitrogens with zero attached hydrogens (tertiary/aromatic N) is 6. The number of likely N-dealkylation sites (N-methyl/N-ethyl adjacent to an activating group) is 1. The van der Waals surface area contributed by atoms with Crippen LogP contribution in [0.25, 0.3) is 0 Å². The van der Waals surface area contributed by atoms with Gasteiger partial charge in [-0.3, -0.25) is 19.9 Å². The number of likely N-dealkylation sites (tertiary alicyclic amines) is 1. The van der Waals surface area contributed by atoms with Gasteiger partial charge in [0.05, 0.1) is 11.7 Å². The van der Waals surface area contributed by atoms with Gasteiger partial charge in [-0.15, -0.1) is 0 Å². The van der Waals surface area contributed by atoms with Gasteiger partial charge in [-0.25, -0.2) is 15.4 Å². The number of aromatic nitrogens is 2. The molecule has 1 aromatic rings. The number of carbonyl (C=O) groups is 2. The lowest BCUT2D eigenvalue weighted by atomic mass is 9.98. The van der Waals surface area contributed by atoms with E-state index >= 15 is 0 Å². The number of hydrogen-bond donors (Lipinski definition) is 2. The number of alkyl halides is 6. The number of halogens is 6. The maximum atomic E-state index is 13.4. The smallest absolute Gasteiger partial charge is 0.339 e. The van der Waals surface area contributed by atoms with Crippen LogP contribution >= 0.6 is 0 Å². The summed E-state index contributed by atoms with van der Waals surface area (Å²) < 4.78 is 78.4. The van der Waals surface area contributed by atoms with Crippen LogP contribution in [0, 0.1) is 5.92 Å². The number of nitrogens with one attached hydrogen (secondary N) is 2. The molecular formula is C23H32F6N8O2. The lowest BCUT2D eigenvalue weighted by Crippen LogP contribution is -2.63. The van der Waals surface area contributed by atoms with Gasteiger partial charge >= 0.3 is 12.4 Å². The van der Waals surface area contributed by atoms with Gasteiger partial charge in [-0.05, 0) is 33.4 Å². The van der Waals surface area contributed by atoms with Crippen molar-refractivity contribution in [2.75, 3.05) is 51.7 Å². The average Bonchev–Trinajstić information content (AvgIpc) is 3.31. The zero-order chi connectivity index (χ0) is 28.5. The van der Waals surface area contributed by atoms with Gasteiger partial charge in [0.2, 0.25) is 17.8 Å². The van der Waals surface area contributed by atoms with E-state index < -0.39 is 42.3 Å². The van der Waals surface area contributed by atoms with Gasteiger partial charge in [0, 0.05) is 63.6 Å². The second-order valence-corrected chi connectivity index (χ2v) is 10.4. The van der Waals surface area contributed by atoms with E-state index in [1.54, 1.807) is 9.80 Å². The molecule has 4 atom stereocenters. The topological polar surface area (TPSA) is 96.9 Å². The molecule has 3 aliphatic rings. The number of amides is 2. The van der Waals surface area contributed by atoms with Crippen LogP contribution in [-0.4, -0.2) is 108 Å². The Hall–Kier alpha value is -2.72. The van der Waals surface area contributed by atoms with Gasteiger partial charge in [0.25, 0.3) is 0 Å². The van der Waals surface area contributed by atoms with Crippen LogP contribution in [-0.2, 0) is 15.8 Å². The first-order chi connectivity index (χ1) is 18.2. The van der Waals surface area contributed by atoms with E-state index in [0.717, 1.165) is 12.4 Å². The highest BCUT2D eigenvalue weighted by atomic mass is 19.4. The van der Waals surface area contributed by atoms with Crippen molar-refractivity contribution in [1.29, 1.82) is 0 Å². The molecule has 2 amide bonds. The molecule has 4 heterocycles. The second kappa shape index (κ2) is 11.4. The van der Waals surface area contributed by atoms with E-state index in [2.05, 4.69) is 20.8 Å². The molecule has 3 aliphatic heterocycles. The summed E-state index contributed by atoms with van der Waals surface area (Å²) in [7, 11) is 3.79. The van der Waals surface area contributed by atoms with Crippen molar-refractivity contribution in [2.45, 2.75) is 56.3 Å². The number of anilines is 1. The van der Waals surface area contributed by atoms with Gasteiger partial charge < -0.3 is 14.7 Å². The molecule has 0 aromatic carbocycles. The standard InChI is InChI=1S/C23H32F6N8O2/c1-34(2)16-9-15(37(13-16)18-10-17(23(27,28)29)20(39)33-32-18)3-4-19(38)35-5-7-36(8-6-35)21-30-11-14(12-31-21)22(24,25)26/h11-12,15-18,32H,3-10,13H2,1-2H3,(H,33,39)/t15-,16+,17?,18?/m1/s1. The maximum absolute atomic E-state index is 13.4. The molecule has 0 radical (unpaired) electrons. The lowest BCUT2D eigenvalue weighted by Gasteiger charge is -2.39. The number of rotatable bonds is 6. The SMILES string of the molecule is CN(C)[C@H]1C[C@@H](CCC(=O)N2CCN(c3ncc(C(F)(F)F)cn3)CC2)N(C2CC(C(F)(F)F)C(=O)NN2)C1. The minimum atomic E-state index is -4.65. The molecular weight excluding hydrogens is 534 g/mol. The van der Waals surface area contributed by atoms with Crippen molar-refractivity contribution in [2.24, 2.45) is 5.92 Å². The van der Waals surface area contributed by atoms with Crippen LogP contribution in [0.15, 0.2) is 12.4 Å². The third kappa shape index (κ3) is 6.90. The molecule has 0 saturated carbocycles. The quantitative estimate of drug-likeness (QED) is 0.500. The molecule has 2 unspecified atom stereocenters. The fraction of sp³-hybridized carbons (Fsp3) is 0.739. The summed E-state index contributed by atoms with van der Waals surface area (Å²) in [5.74, 6) is -3.14. The van der Waals surface area contributed by atoms with Gasteiger partial charge in [-0.2, -0.15) is 26.3 Å². The van der Waals surface area contributed by atoms with Crippen molar-refractivity contribution in [3.63, 3.8) is 0 Å². The molecule has 3 fully saturated rings. The van der Waals surface area contributed by atoms with E-state index in [1.807, 2.05) is 23.9 Å². The van der Waals surface area contributed by atoms with Crippen molar-refractivity contribution in [3.05, 3.63) is 18.0 Å². The molecule has 1 aromatic heterocycles. The second-order valence-electron chi connectivity index (χ2n) is 10.4. The highest BCUT2D eigenvalue weighted by Crippen LogP contribution is 2.35. The fourth-order valence-corrected chi connectivity index (χ4v) is 5.32. The van der Waals surface area contributed by atoms with Crippen LogP contribution < -0.4 is 15.8 Å². The molecule has 16 heteroatoms. The Morgan fingerprint density at radius 3 is 2.26 bits per heavy atom. The normalized spacial score (nSPS) is 27.3. The fourth-order valence-electron chi connectivity index (χ4n) is 5.32. The Kier molecular flexibility index (Phi) is 8.56. The molecule has 0 spiro atoms. The van der Waals surface area contributed by atoms with Crippen molar-refractivity contribution in [1.82, 2.24) is 35.5 Å². The van der Waals surface area contributed by atoms with Crippen LogP contribution in [0.5, 0.6) is 0 Å². The number of hydrogen-bond acceptors (Lipinski definition) is 8. The van der Waals surface area contributed by atoms with Gasteiger partial charge in [0.1, 0.15) is 5.92 Å². The highest BCUT2D eigenvalue weighted by Gasteiger charge is 2.50. The molecule has 4 rings (SSSR count). The molecule has 0 bridgehead atoms. The zero-order valence-corrected chi connectivity index (χ0v) is 21.6. The summed E-state index contributed by atoms with van der Waals surface area (Å²) in [6, 6.07) is -0.0780. The van der Waals surface area contributed by atoms with Crippen LogP contribution in [0.2, 0.25) is 0 Å². The summed E-state index contributed by atoms with van der Waals surface area (Å²) >= 11 is 0. The van der Waals surface area contributed by atoms with Crippen LogP contribution in [0.3, 0.4) is 0 Å². The first-order valence-corrected chi connectivity index (χ1v) is 12.7. The summed E-state index contributed by atoms with van der Waals surface area (Å²) in [4.78, 5) is 39.7. The molecule has 3 saturated heterocycles. The predicted octanol–water partition coefficient (Wildman–Crippen LogP) is 1.46. The van der Waals surface area contributed by atoms with Crippen molar-refractivity contribution < 1.29 is 35.9 Å². The molecule has 2 N–H and O–H groups in total. The zero-order valence-electron chi connectivity index (χ0n) is 21.6. The Morgan fingerprint density at radius 1 is 1.05 bits per heavy atom. The van der Waals surface area contributed by atoms with E-state index in [-0.39, 0.29) is 30.4 Å². The molecule has 0 aliphatic carbocycles. The van der Waals surface area contributed by atoms with Crippen molar-refractivity contribution in [3.8, 4) is 0 Å². The summed E-state index contributed by atoms with van der Waals surface area (Å²) in [6.07, 6.45) is -7.53. The Bertz CT molecular complexity index is 1010. The number of carbonyl (C=O) groups excluding carboxylic acids is 2. The van der Waals surface area contributed by atoms with Gasteiger partial charge in [0.15, 0.2) is 0 Å². The largest absolute Gasteiger partial charge is 0.419 e. The van der Waals surface area contributed by atoms with E-state index in [9.17, 15) is 35.9 Å². The Labute approximate surface area is 221 Å². The van der Waals surface area contributed by atoms with Gasteiger partial charge in [-0.1, -0.05) is 0 Å².